The van der Waals surface area contributed by atoms with Gasteiger partial charge in [-0.25, -0.2) is 0 Å². The molecule has 0 radical (unpaired) electrons. The van der Waals surface area contributed by atoms with E-state index in [2.05, 4.69) is 10.1 Å². The number of carbonyl (C=O) groups is 2. The third kappa shape index (κ3) is 3.08. The number of H-pyrrole nitrogens is 1. The van der Waals surface area contributed by atoms with Gasteiger partial charge >= 0.3 is 5.97 Å². The standard InChI is InChI=1S/C18H19N3O3/c1-11-8-12(2)21(20-11)10-17(22)24-13(3)18(23)15-9-19-16-7-5-4-6-14(15)16/h4-9,13,19H,10H2,1-3H3/t13-/m1/s1. The van der Waals surface area contributed by atoms with Crippen LogP contribution < -0.4 is 0 Å². The Morgan fingerprint density at radius 2 is 2.04 bits per heavy atom. The van der Waals surface area contributed by atoms with Crippen molar-refractivity contribution in [1.29, 1.82) is 0 Å². The molecule has 1 atom stereocenters. The van der Waals surface area contributed by atoms with Crippen molar-refractivity contribution in [2.75, 3.05) is 0 Å². The Bertz CT molecular complexity index is 907. The van der Waals surface area contributed by atoms with Crippen LogP contribution in [-0.2, 0) is 16.1 Å². The maximum Gasteiger partial charge on any atom is 0.328 e. The molecular formula is C18H19N3O3. The first-order valence-electron chi connectivity index (χ1n) is 7.76. The number of fused-ring (bicyclic) bond motifs is 1. The highest BCUT2D eigenvalue weighted by Crippen LogP contribution is 2.20. The van der Waals surface area contributed by atoms with E-state index in [-0.39, 0.29) is 12.3 Å². The van der Waals surface area contributed by atoms with Crippen molar-refractivity contribution in [3.05, 3.63) is 53.5 Å². The summed E-state index contributed by atoms with van der Waals surface area (Å²) >= 11 is 0. The molecule has 0 fully saturated rings. The lowest BCUT2D eigenvalue weighted by atomic mass is 10.1. The van der Waals surface area contributed by atoms with Gasteiger partial charge in [0.2, 0.25) is 5.78 Å². The van der Waals surface area contributed by atoms with Gasteiger partial charge < -0.3 is 9.72 Å². The van der Waals surface area contributed by atoms with E-state index in [4.69, 9.17) is 4.74 Å². The number of benzene rings is 1. The Morgan fingerprint density at radius 3 is 2.75 bits per heavy atom. The fourth-order valence-electron chi connectivity index (χ4n) is 2.74. The van der Waals surface area contributed by atoms with Crippen LogP contribution in [0, 0.1) is 13.8 Å². The molecule has 6 nitrogen and oxygen atoms in total. The summed E-state index contributed by atoms with van der Waals surface area (Å²) < 4.78 is 6.86. The van der Waals surface area contributed by atoms with Crippen LogP contribution in [0.3, 0.4) is 0 Å². The first kappa shape index (κ1) is 16.0. The van der Waals surface area contributed by atoms with E-state index < -0.39 is 12.1 Å². The molecule has 1 N–H and O–H groups in total. The molecule has 1 aromatic carbocycles. The summed E-state index contributed by atoms with van der Waals surface area (Å²) in [5.41, 5.74) is 3.11. The lowest BCUT2D eigenvalue weighted by Gasteiger charge is -2.12. The van der Waals surface area contributed by atoms with E-state index in [1.165, 1.54) is 0 Å². The summed E-state index contributed by atoms with van der Waals surface area (Å²) in [4.78, 5) is 27.7. The highest BCUT2D eigenvalue weighted by molar-refractivity contribution is 6.10. The molecule has 2 aromatic heterocycles. The number of hydrogen-bond acceptors (Lipinski definition) is 4. The highest BCUT2D eigenvalue weighted by atomic mass is 16.5. The summed E-state index contributed by atoms with van der Waals surface area (Å²) in [6, 6.07) is 9.40. The lowest BCUT2D eigenvalue weighted by Crippen LogP contribution is -2.27. The van der Waals surface area contributed by atoms with Gasteiger partial charge in [-0.2, -0.15) is 5.10 Å². The smallest absolute Gasteiger partial charge is 0.328 e. The molecular weight excluding hydrogens is 306 g/mol. The largest absolute Gasteiger partial charge is 0.453 e. The van der Waals surface area contributed by atoms with Crippen LogP contribution in [0.5, 0.6) is 0 Å². The van der Waals surface area contributed by atoms with Crippen molar-refractivity contribution in [2.45, 2.75) is 33.4 Å². The van der Waals surface area contributed by atoms with Crippen LogP contribution in [0.1, 0.15) is 28.7 Å². The van der Waals surface area contributed by atoms with Gasteiger partial charge in [0.25, 0.3) is 0 Å². The van der Waals surface area contributed by atoms with Gasteiger partial charge in [0.1, 0.15) is 6.54 Å². The number of aromatic amines is 1. The van der Waals surface area contributed by atoms with Gasteiger partial charge in [-0.15, -0.1) is 0 Å². The number of esters is 1. The topological polar surface area (TPSA) is 77.0 Å². The Kier molecular flexibility index (Phi) is 4.20. The van der Waals surface area contributed by atoms with Crippen molar-refractivity contribution >= 4 is 22.7 Å². The number of rotatable bonds is 5. The number of ketones is 1. The molecule has 0 aliphatic carbocycles. The second-order valence-corrected chi connectivity index (χ2v) is 5.83. The lowest BCUT2D eigenvalue weighted by molar-refractivity contribution is -0.147. The van der Waals surface area contributed by atoms with E-state index in [1.807, 2.05) is 44.2 Å². The molecule has 0 unspecified atom stereocenters. The zero-order valence-electron chi connectivity index (χ0n) is 13.9. The summed E-state index contributed by atoms with van der Waals surface area (Å²) in [5.74, 6) is -0.712. The summed E-state index contributed by atoms with van der Waals surface area (Å²) in [6.07, 6.45) is 0.798. The van der Waals surface area contributed by atoms with Crippen LogP contribution in [-0.4, -0.2) is 32.6 Å². The van der Waals surface area contributed by atoms with E-state index >= 15 is 0 Å². The molecule has 6 heteroatoms. The third-order valence-electron chi connectivity index (χ3n) is 3.91. The van der Waals surface area contributed by atoms with Crippen LogP contribution in [0.15, 0.2) is 36.5 Å². The normalized spacial score (nSPS) is 12.3. The number of nitrogens with one attached hydrogen (secondary N) is 1. The fraction of sp³-hybridized carbons (Fsp3) is 0.278. The zero-order chi connectivity index (χ0) is 17.3. The third-order valence-corrected chi connectivity index (χ3v) is 3.91. The van der Waals surface area contributed by atoms with E-state index in [0.717, 1.165) is 22.3 Å². The van der Waals surface area contributed by atoms with Crippen molar-refractivity contribution in [3.8, 4) is 0 Å². The number of carbonyl (C=O) groups excluding carboxylic acids is 2. The Hall–Kier alpha value is -2.89. The van der Waals surface area contributed by atoms with E-state index in [1.54, 1.807) is 17.8 Å². The van der Waals surface area contributed by atoms with Gasteiger partial charge in [0.05, 0.1) is 5.69 Å². The maximum absolute atomic E-state index is 12.6. The van der Waals surface area contributed by atoms with Crippen LogP contribution >= 0.6 is 0 Å². The number of ether oxygens (including phenoxy) is 1. The van der Waals surface area contributed by atoms with Gasteiger partial charge in [-0.05, 0) is 32.9 Å². The number of nitrogens with zero attached hydrogens (tertiary/aromatic N) is 2. The van der Waals surface area contributed by atoms with Crippen molar-refractivity contribution in [1.82, 2.24) is 14.8 Å². The molecule has 124 valence electrons. The Morgan fingerprint density at radius 1 is 1.29 bits per heavy atom. The molecule has 0 saturated heterocycles. The second kappa shape index (κ2) is 6.31. The van der Waals surface area contributed by atoms with Crippen molar-refractivity contribution < 1.29 is 14.3 Å². The Labute approximate surface area is 139 Å². The SMILES string of the molecule is Cc1cc(C)n(CC(=O)O[C@H](C)C(=O)c2c[nH]c3ccccc23)n1. The highest BCUT2D eigenvalue weighted by Gasteiger charge is 2.22. The quantitative estimate of drug-likeness (QED) is 0.578. The minimum atomic E-state index is -0.853. The van der Waals surface area contributed by atoms with Crippen molar-refractivity contribution in [2.24, 2.45) is 0 Å². The van der Waals surface area contributed by atoms with Gasteiger partial charge in [-0.1, -0.05) is 18.2 Å². The molecule has 0 aliphatic heterocycles. The van der Waals surface area contributed by atoms with Gasteiger partial charge in [0, 0.05) is 28.4 Å². The van der Waals surface area contributed by atoms with Crippen LogP contribution in [0.4, 0.5) is 0 Å². The van der Waals surface area contributed by atoms with Gasteiger partial charge in [-0.3, -0.25) is 14.3 Å². The predicted octanol–water partition coefficient (Wildman–Crippen LogP) is 2.80. The number of aryl methyl sites for hydroxylation is 2. The van der Waals surface area contributed by atoms with Crippen LogP contribution in [0.25, 0.3) is 10.9 Å². The number of aromatic nitrogens is 3. The minimum Gasteiger partial charge on any atom is -0.453 e. The average Bonchev–Trinajstić information content (AvgIpc) is 3.09. The fourth-order valence-corrected chi connectivity index (χ4v) is 2.74. The maximum atomic E-state index is 12.6. The molecule has 24 heavy (non-hydrogen) atoms. The second-order valence-electron chi connectivity index (χ2n) is 5.83. The molecule has 0 bridgehead atoms. The van der Waals surface area contributed by atoms with Crippen LogP contribution in [0.2, 0.25) is 0 Å². The molecule has 3 aromatic rings. The predicted molar refractivity (Wildman–Crippen MR) is 89.9 cm³/mol. The van der Waals surface area contributed by atoms with Crippen molar-refractivity contribution in [3.63, 3.8) is 0 Å². The molecule has 0 saturated carbocycles. The minimum absolute atomic E-state index is 0.00875. The monoisotopic (exact) mass is 325 g/mol. The summed E-state index contributed by atoms with van der Waals surface area (Å²) in [5, 5.41) is 5.04. The summed E-state index contributed by atoms with van der Waals surface area (Å²) in [7, 11) is 0. The number of hydrogen-bond donors (Lipinski definition) is 1. The van der Waals surface area contributed by atoms with E-state index in [0.29, 0.717) is 5.56 Å². The average molecular weight is 325 g/mol. The van der Waals surface area contributed by atoms with Gasteiger partial charge in [0.15, 0.2) is 6.10 Å². The molecule has 0 spiro atoms. The summed E-state index contributed by atoms with van der Waals surface area (Å²) in [6.45, 7) is 5.31. The zero-order valence-corrected chi connectivity index (χ0v) is 13.9. The molecule has 3 rings (SSSR count). The molecule has 2 heterocycles. The number of Topliss-reactive ketones (excluding diaryl/α,β-unsaturated/α-hetero) is 1. The first-order valence-corrected chi connectivity index (χ1v) is 7.76. The molecule has 0 aliphatic rings. The molecule has 0 amide bonds. The Balaban J connectivity index is 1.70. The first-order chi connectivity index (χ1) is 11.5. The number of para-hydroxylation sites is 1. The van der Waals surface area contributed by atoms with E-state index in [9.17, 15) is 9.59 Å².